The maximum Gasteiger partial charge on any atom is 0.272 e. The molecule has 3 N–H and O–H groups in total. The summed E-state index contributed by atoms with van der Waals surface area (Å²) in [6, 6.07) is 24.1. The monoisotopic (exact) mass is 671 g/mol. The SMILES string of the molecule is COc1ccc(NC(=O)C(C)Sc2cccc(NC(=O)/C(=C\c3cc(OC)c(OC)c(OC)c3)NC(=O)c3ccccc3)c2)c(OC)c1. The topological polar surface area (TPSA) is 133 Å². The van der Waals surface area contributed by atoms with Gasteiger partial charge in [-0.05, 0) is 73.2 Å². The highest BCUT2D eigenvalue weighted by Crippen LogP contribution is 2.39. The van der Waals surface area contributed by atoms with Gasteiger partial charge in [0.25, 0.3) is 11.8 Å². The molecule has 0 radical (unpaired) electrons. The summed E-state index contributed by atoms with van der Waals surface area (Å²) in [5, 5.41) is 7.98. The van der Waals surface area contributed by atoms with Crippen LogP contribution in [0.5, 0.6) is 28.7 Å². The Bertz CT molecular complexity index is 1770. The lowest BCUT2D eigenvalue weighted by atomic mass is 10.1. The minimum atomic E-state index is -0.576. The van der Waals surface area contributed by atoms with Crippen LogP contribution in [0.3, 0.4) is 0 Å². The van der Waals surface area contributed by atoms with Crippen molar-refractivity contribution in [3.8, 4) is 28.7 Å². The van der Waals surface area contributed by atoms with Gasteiger partial charge in [-0.15, -0.1) is 11.8 Å². The van der Waals surface area contributed by atoms with Gasteiger partial charge >= 0.3 is 0 Å². The lowest BCUT2D eigenvalue weighted by molar-refractivity contribution is -0.115. The number of nitrogens with one attached hydrogen (secondary N) is 3. The number of carbonyl (C=O) groups is 3. The highest BCUT2D eigenvalue weighted by molar-refractivity contribution is 8.00. The van der Waals surface area contributed by atoms with Gasteiger partial charge in [-0.1, -0.05) is 24.3 Å². The number of hydrogen-bond acceptors (Lipinski definition) is 9. The molecular formula is C36H37N3O8S. The molecule has 0 aliphatic carbocycles. The number of amides is 3. The van der Waals surface area contributed by atoms with E-state index in [0.29, 0.717) is 51.2 Å². The van der Waals surface area contributed by atoms with E-state index in [-0.39, 0.29) is 11.6 Å². The zero-order chi connectivity index (χ0) is 34.6. The van der Waals surface area contributed by atoms with Crippen molar-refractivity contribution >= 4 is 46.9 Å². The van der Waals surface area contributed by atoms with Crippen molar-refractivity contribution in [1.82, 2.24) is 5.32 Å². The van der Waals surface area contributed by atoms with Gasteiger partial charge in [-0.3, -0.25) is 14.4 Å². The second-order valence-electron chi connectivity index (χ2n) is 10.1. The van der Waals surface area contributed by atoms with Crippen LogP contribution in [0.15, 0.2) is 95.5 Å². The molecule has 4 aromatic rings. The largest absolute Gasteiger partial charge is 0.497 e. The molecule has 48 heavy (non-hydrogen) atoms. The average molecular weight is 672 g/mol. The number of benzene rings is 4. The summed E-state index contributed by atoms with van der Waals surface area (Å²) in [6.07, 6.45) is 1.51. The number of hydrogen-bond donors (Lipinski definition) is 3. The number of methoxy groups -OCH3 is 5. The Hall–Kier alpha value is -5.62. The van der Waals surface area contributed by atoms with Gasteiger partial charge in [0.15, 0.2) is 11.5 Å². The van der Waals surface area contributed by atoms with Crippen molar-refractivity contribution in [1.29, 1.82) is 0 Å². The van der Waals surface area contributed by atoms with Crippen molar-refractivity contribution in [3.63, 3.8) is 0 Å². The average Bonchev–Trinajstić information content (AvgIpc) is 3.11. The third-order valence-electron chi connectivity index (χ3n) is 6.97. The Labute approximate surface area is 283 Å². The molecule has 0 saturated carbocycles. The van der Waals surface area contributed by atoms with Crippen LogP contribution in [0.1, 0.15) is 22.8 Å². The predicted molar refractivity (Wildman–Crippen MR) is 187 cm³/mol. The molecule has 0 spiro atoms. The molecule has 250 valence electrons. The summed E-state index contributed by atoms with van der Waals surface area (Å²) in [7, 11) is 7.53. The van der Waals surface area contributed by atoms with Crippen LogP contribution in [-0.2, 0) is 9.59 Å². The van der Waals surface area contributed by atoms with Crippen LogP contribution in [0, 0.1) is 0 Å². The molecule has 0 saturated heterocycles. The number of ether oxygens (including phenoxy) is 5. The fraction of sp³-hybridized carbons (Fsp3) is 0.194. The summed E-state index contributed by atoms with van der Waals surface area (Å²) in [5.41, 5.74) is 1.83. The third-order valence-corrected chi connectivity index (χ3v) is 8.06. The minimum Gasteiger partial charge on any atom is -0.497 e. The van der Waals surface area contributed by atoms with E-state index in [2.05, 4.69) is 16.0 Å². The van der Waals surface area contributed by atoms with E-state index in [0.717, 1.165) is 4.90 Å². The van der Waals surface area contributed by atoms with Crippen LogP contribution in [0.25, 0.3) is 6.08 Å². The molecule has 1 atom stereocenters. The molecule has 0 aromatic heterocycles. The molecule has 1 unspecified atom stereocenters. The zero-order valence-electron chi connectivity index (χ0n) is 27.4. The molecule has 4 rings (SSSR count). The Kier molecular flexibility index (Phi) is 12.3. The first kappa shape index (κ1) is 35.2. The van der Waals surface area contributed by atoms with Crippen LogP contribution in [-0.4, -0.2) is 58.5 Å². The maximum absolute atomic E-state index is 13.7. The molecule has 0 fully saturated rings. The van der Waals surface area contributed by atoms with Crippen LogP contribution in [0.2, 0.25) is 0 Å². The Morgan fingerprint density at radius 1 is 0.708 bits per heavy atom. The molecule has 0 aliphatic rings. The van der Waals surface area contributed by atoms with Crippen molar-refractivity contribution in [3.05, 3.63) is 102 Å². The predicted octanol–water partition coefficient (Wildman–Crippen LogP) is 6.26. The van der Waals surface area contributed by atoms with Gasteiger partial charge in [-0.2, -0.15) is 0 Å². The second kappa shape index (κ2) is 16.8. The zero-order valence-corrected chi connectivity index (χ0v) is 28.2. The van der Waals surface area contributed by atoms with Crippen LogP contribution in [0.4, 0.5) is 11.4 Å². The minimum absolute atomic E-state index is 0.0302. The molecule has 0 aliphatic heterocycles. The van der Waals surface area contributed by atoms with Crippen LogP contribution < -0.4 is 39.6 Å². The number of rotatable bonds is 14. The number of anilines is 2. The van der Waals surface area contributed by atoms with E-state index >= 15 is 0 Å². The van der Waals surface area contributed by atoms with E-state index in [1.54, 1.807) is 92.9 Å². The van der Waals surface area contributed by atoms with Gasteiger partial charge in [0.2, 0.25) is 11.7 Å². The second-order valence-corrected chi connectivity index (χ2v) is 11.5. The fourth-order valence-corrected chi connectivity index (χ4v) is 5.46. The third kappa shape index (κ3) is 9.01. The van der Waals surface area contributed by atoms with Gasteiger partial charge in [-0.25, -0.2) is 0 Å². The Morgan fingerprint density at radius 3 is 2.02 bits per heavy atom. The lowest BCUT2D eigenvalue weighted by Crippen LogP contribution is -2.30. The highest BCUT2D eigenvalue weighted by Gasteiger charge is 2.20. The maximum atomic E-state index is 13.7. The first-order valence-corrected chi connectivity index (χ1v) is 15.6. The van der Waals surface area contributed by atoms with E-state index in [1.807, 2.05) is 6.07 Å². The van der Waals surface area contributed by atoms with Crippen LogP contribution >= 0.6 is 11.8 Å². The smallest absolute Gasteiger partial charge is 0.272 e. The Morgan fingerprint density at radius 2 is 1.40 bits per heavy atom. The summed E-state index contributed by atoms with van der Waals surface area (Å²) >= 11 is 1.31. The summed E-state index contributed by atoms with van der Waals surface area (Å²) in [4.78, 5) is 40.6. The summed E-state index contributed by atoms with van der Waals surface area (Å²) in [6.45, 7) is 1.78. The van der Waals surface area contributed by atoms with Gasteiger partial charge in [0, 0.05) is 22.2 Å². The molecule has 0 heterocycles. The highest BCUT2D eigenvalue weighted by atomic mass is 32.2. The molecule has 3 amide bonds. The van der Waals surface area contributed by atoms with Crippen molar-refractivity contribution in [2.45, 2.75) is 17.1 Å². The quantitative estimate of drug-likeness (QED) is 0.105. The number of thioether (sulfide) groups is 1. The van der Waals surface area contributed by atoms with E-state index in [1.165, 1.54) is 46.3 Å². The fourth-order valence-electron chi connectivity index (χ4n) is 4.53. The van der Waals surface area contributed by atoms with Crippen molar-refractivity contribution < 1.29 is 38.1 Å². The Balaban J connectivity index is 1.55. The van der Waals surface area contributed by atoms with E-state index in [4.69, 9.17) is 23.7 Å². The molecule has 12 heteroatoms. The molecule has 0 bridgehead atoms. The van der Waals surface area contributed by atoms with Crippen molar-refractivity contribution in [2.24, 2.45) is 0 Å². The van der Waals surface area contributed by atoms with Gasteiger partial charge in [0.1, 0.15) is 17.2 Å². The standard InChI is InChI=1S/C36H37N3O8S/c1-22(34(40)38-28-16-15-26(43-2)21-30(28)44-3)48-27-14-10-13-25(20-27)37-36(42)29(39-35(41)24-11-8-7-9-12-24)17-23-18-31(45-4)33(47-6)32(19-23)46-5/h7-22H,1-6H3,(H,37,42)(H,38,40)(H,39,41)/b29-17+. The normalized spacial score (nSPS) is 11.5. The summed E-state index contributed by atoms with van der Waals surface area (Å²) in [5.74, 6) is 0.936. The van der Waals surface area contributed by atoms with Gasteiger partial charge in [0.05, 0.1) is 46.5 Å². The molecule has 11 nitrogen and oxygen atoms in total. The summed E-state index contributed by atoms with van der Waals surface area (Å²) < 4.78 is 26.9. The first-order chi connectivity index (χ1) is 23.2. The van der Waals surface area contributed by atoms with Crippen molar-refractivity contribution in [2.75, 3.05) is 46.2 Å². The van der Waals surface area contributed by atoms with E-state index < -0.39 is 17.1 Å². The van der Waals surface area contributed by atoms with E-state index in [9.17, 15) is 14.4 Å². The molecular weight excluding hydrogens is 634 g/mol. The lowest BCUT2D eigenvalue weighted by Gasteiger charge is -2.16. The number of carbonyl (C=O) groups excluding carboxylic acids is 3. The first-order valence-electron chi connectivity index (χ1n) is 14.7. The molecule has 4 aromatic carbocycles. The van der Waals surface area contributed by atoms with Gasteiger partial charge < -0.3 is 39.6 Å².